The highest BCUT2D eigenvalue weighted by atomic mass is 16.4. The molecule has 2 N–H and O–H groups in total. The molecule has 0 bridgehead atoms. The topological polar surface area (TPSA) is 82.5 Å². The minimum atomic E-state index is -1.01. The van der Waals surface area contributed by atoms with Crippen molar-refractivity contribution in [3.05, 3.63) is 29.6 Å². The van der Waals surface area contributed by atoms with Crippen LogP contribution in [0.5, 0.6) is 0 Å². The van der Waals surface area contributed by atoms with Gasteiger partial charge in [-0.2, -0.15) is 0 Å². The van der Waals surface area contributed by atoms with E-state index in [0.717, 1.165) is 0 Å². The van der Waals surface area contributed by atoms with Gasteiger partial charge in [-0.25, -0.2) is 9.59 Å². The molecule has 1 rings (SSSR count). The van der Waals surface area contributed by atoms with Gasteiger partial charge in [0.25, 0.3) is 0 Å². The van der Waals surface area contributed by atoms with Gasteiger partial charge < -0.3 is 15.3 Å². The quantitative estimate of drug-likeness (QED) is 0.849. The lowest BCUT2D eigenvalue weighted by molar-refractivity contribution is 0.0696. The molecule has 0 spiro atoms. The monoisotopic (exact) mass is 265 g/mol. The highest BCUT2D eigenvalue weighted by molar-refractivity contribution is 5.87. The average Bonchev–Trinajstić information content (AvgIpc) is 2.37. The standard InChI is InChI=1S/C13H19N3O3/c1-4-16(9(2)3)13(19)15-8-11-7-10(12(17)18)5-6-14-11/h5-7,9H,4,8H2,1-3H3,(H,15,19)(H,17,18). The Morgan fingerprint density at radius 3 is 2.68 bits per heavy atom. The van der Waals surface area contributed by atoms with Gasteiger partial charge in [-0.05, 0) is 32.9 Å². The summed E-state index contributed by atoms with van der Waals surface area (Å²) in [5.74, 6) is -1.01. The van der Waals surface area contributed by atoms with Crippen molar-refractivity contribution < 1.29 is 14.7 Å². The van der Waals surface area contributed by atoms with Crippen LogP contribution in [0.1, 0.15) is 36.8 Å². The number of carboxylic acid groups (broad SMARTS) is 1. The number of amides is 2. The zero-order chi connectivity index (χ0) is 14.4. The lowest BCUT2D eigenvalue weighted by Crippen LogP contribution is -2.43. The summed E-state index contributed by atoms with van der Waals surface area (Å²) in [5, 5.41) is 11.6. The zero-order valence-corrected chi connectivity index (χ0v) is 11.4. The van der Waals surface area contributed by atoms with Crippen molar-refractivity contribution in [3.8, 4) is 0 Å². The van der Waals surface area contributed by atoms with Gasteiger partial charge in [0.05, 0.1) is 17.8 Å². The molecule has 6 heteroatoms. The first-order valence-electron chi connectivity index (χ1n) is 6.18. The molecule has 0 aliphatic carbocycles. The van der Waals surface area contributed by atoms with Crippen molar-refractivity contribution in [1.82, 2.24) is 15.2 Å². The van der Waals surface area contributed by atoms with Crippen LogP contribution < -0.4 is 5.32 Å². The highest BCUT2D eigenvalue weighted by Gasteiger charge is 2.14. The SMILES string of the molecule is CCN(C(=O)NCc1cc(C(=O)O)ccn1)C(C)C. The van der Waals surface area contributed by atoms with E-state index in [1.54, 1.807) is 4.90 Å². The number of aromatic carboxylic acids is 1. The second-order valence-corrected chi connectivity index (χ2v) is 4.38. The van der Waals surface area contributed by atoms with Gasteiger partial charge in [0.1, 0.15) is 0 Å². The molecule has 0 aromatic carbocycles. The van der Waals surface area contributed by atoms with E-state index in [2.05, 4.69) is 10.3 Å². The van der Waals surface area contributed by atoms with Crippen molar-refractivity contribution in [2.24, 2.45) is 0 Å². The number of rotatable bonds is 5. The minimum Gasteiger partial charge on any atom is -0.478 e. The normalized spacial score (nSPS) is 10.3. The van der Waals surface area contributed by atoms with Crippen molar-refractivity contribution in [1.29, 1.82) is 0 Å². The van der Waals surface area contributed by atoms with Gasteiger partial charge in [-0.3, -0.25) is 4.98 Å². The van der Waals surface area contributed by atoms with Crippen LogP contribution in [0.25, 0.3) is 0 Å². The molecular weight excluding hydrogens is 246 g/mol. The van der Waals surface area contributed by atoms with Gasteiger partial charge >= 0.3 is 12.0 Å². The maximum Gasteiger partial charge on any atom is 0.335 e. The first-order valence-corrected chi connectivity index (χ1v) is 6.18. The van der Waals surface area contributed by atoms with E-state index in [1.807, 2.05) is 20.8 Å². The summed E-state index contributed by atoms with van der Waals surface area (Å²) in [6, 6.07) is 2.80. The number of carbonyl (C=O) groups excluding carboxylic acids is 1. The third-order valence-corrected chi connectivity index (χ3v) is 2.71. The number of hydrogen-bond acceptors (Lipinski definition) is 3. The summed E-state index contributed by atoms with van der Waals surface area (Å²) in [4.78, 5) is 28.4. The summed E-state index contributed by atoms with van der Waals surface area (Å²) in [6.07, 6.45) is 1.42. The molecule has 1 aromatic rings. The molecule has 104 valence electrons. The molecule has 6 nitrogen and oxygen atoms in total. The lowest BCUT2D eigenvalue weighted by Gasteiger charge is -2.25. The van der Waals surface area contributed by atoms with Crippen LogP contribution in [0.2, 0.25) is 0 Å². The Balaban J connectivity index is 2.64. The number of nitrogens with zero attached hydrogens (tertiary/aromatic N) is 2. The number of hydrogen-bond donors (Lipinski definition) is 2. The molecule has 0 saturated heterocycles. The van der Waals surface area contributed by atoms with Crippen molar-refractivity contribution in [2.45, 2.75) is 33.4 Å². The number of pyridine rings is 1. The number of nitrogens with one attached hydrogen (secondary N) is 1. The van der Waals surface area contributed by atoms with Crippen LogP contribution in [0, 0.1) is 0 Å². The summed E-state index contributed by atoms with van der Waals surface area (Å²) in [7, 11) is 0. The number of aromatic nitrogens is 1. The predicted molar refractivity (Wildman–Crippen MR) is 70.9 cm³/mol. The fourth-order valence-electron chi connectivity index (χ4n) is 1.72. The molecule has 1 heterocycles. The molecule has 0 aliphatic heterocycles. The van der Waals surface area contributed by atoms with E-state index in [1.165, 1.54) is 18.3 Å². The third-order valence-electron chi connectivity index (χ3n) is 2.71. The Labute approximate surface area is 112 Å². The third kappa shape index (κ3) is 4.24. The Morgan fingerprint density at radius 2 is 2.16 bits per heavy atom. The van der Waals surface area contributed by atoms with Crippen LogP contribution >= 0.6 is 0 Å². The average molecular weight is 265 g/mol. The molecule has 0 unspecified atom stereocenters. The summed E-state index contributed by atoms with van der Waals surface area (Å²) < 4.78 is 0. The second kappa shape index (κ2) is 6.72. The number of carbonyl (C=O) groups is 2. The summed E-state index contributed by atoms with van der Waals surface area (Å²) in [6.45, 7) is 6.61. The van der Waals surface area contributed by atoms with E-state index in [0.29, 0.717) is 12.2 Å². The Bertz CT molecular complexity index is 460. The van der Waals surface area contributed by atoms with Gasteiger partial charge in [-0.15, -0.1) is 0 Å². The smallest absolute Gasteiger partial charge is 0.335 e. The van der Waals surface area contributed by atoms with Crippen LogP contribution in [0.15, 0.2) is 18.3 Å². The van der Waals surface area contributed by atoms with Gasteiger partial charge in [0.15, 0.2) is 0 Å². The Morgan fingerprint density at radius 1 is 1.47 bits per heavy atom. The number of urea groups is 1. The minimum absolute atomic E-state index is 0.114. The molecule has 0 saturated carbocycles. The van der Waals surface area contributed by atoms with Gasteiger partial charge in [-0.1, -0.05) is 0 Å². The van der Waals surface area contributed by atoms with Crippen molar-refractivity contribution >= 4 is 12.0 Å². The van der Waals surface area contributed by atoms with E-state index >= 15 is 0 Å². The molecule has 2 amide bonds. The van der Waals surface area contributed by atoms with E-state index in [4.69, 9.17) is 5.11 Å². The zero-order valence-electron chi connectivity index (χ0n) is 11.4. The Kier molecular flexibility index (Phi) is 5.29. The lowest BCUT2D eigenvalue weighted by atomic mass is 10.2. The molecule has 0 atom stereocenters. The highest BCUT2D eigenvalue weighted by Crippen LogP contribution is 2.03. The van der Waals surface area contributed by atoms with E-state index in [-0.39, 0.29) is 24.2 Å². The fraction of sp³-hybridized carbons (Fsp3) is 0.462. The first kappa shape index (κ1) is 14.9. The fourth-order valence-corrected chi connectivity index (χ4v) is 1.72. The second-order valence-electron chi connectivity index (χ2n) is 4.38. The Hall–Kier alpha value is -2.11. The molecule has 19 heavy (non-hydrogen) atoms. The van der Waals surface area contributed by atoms with Crippen molar-refractivity contribution in [3.63, 3.8) is 0 Å². The van der Waals surface area contributed by atoms with Gasteiger partial charge in [0, 0.05) is 18.8 Å². The maximum absolute atomic E-state index is 11.9. The number of carboxylic acids is 1. The molecule has 0 radical (unpaired) electrons. The van der Waals surface area contributed by atoms with Crippen LogP contribution in [0.4, 0.5) is 4.79 Å². The van der Waals surface area contributed by atoms with Gasteiger partial charge in [0.2, 0.25) is 0 Å². The molecule has 1 aromatic heterocycles. The van der Waals surface area contributed by atoms with Crippen LogP contribution in [-0.2, 0) is 6.54 Å². The summed E-state index contributed by atoms with van der Waals surface area (Å²) in [5.41, 5.74) is 0.684. The van der Waals surface area contributed by atoms with E-state index < -0.39 is 5.97 Å². The molecule has 0 fully saturated rings. The largest absolute Gasteiger partial charge is 0.478 e. The first-order chi connectivity index (χ1) is 8.95. The summed E-state index contributed by atoms with van der Waals surface area (Å²) >= 11 is 0. The van der Waals surface area contributed by atoms with Crippen LogP contribution in [0.3, 0.4) is 0 Å². The van der Waals surface area contributed by atoms with Crippen LogP contribution in [-0.4, -0.2) is 39.6 Å². The molecule has 0 aliphatic rings. The maximum atomic E-state index is 11.9. The van der Waals surface area contributed by atoms with Crippen molar-refractivity contribution in [2.75, 3.05) is 6.54 Å². The molecular formula is C13H19N3O3. The van der Waals surface area contributed by atoms with E-state index in [9.17, 15) is 9.59 Å². The predicted octanol–water partition coefficient (Wildman–Crippen LogP) is 1.72.